The predicted molar refractivity (Wildman–Crippen MR) is 281 cm³/mol. The highest BCUT2D eigenvalue weighted by Gasteiger charge is 2.17. The van der Waals surface area contributed by atoms with Crippen molar-refractivity contribution in [2.75, 3.05) is 0 Å². The number of nitrogens with zero attached hydrogens (tertiary/aromatic N) is 2. The molecule has 0 bridgehead atoms. The van der Waals surface area contributed by atoms with E-state index >= 15 is 0 Å². The van der Waals surface area contributed by atoms with Gasteiger partial charge in [-0.2, -0.15) is 0 Å². The van der Waals surface area contributed by atoms with Crippen LogP contribution in [0.2, 0.25) is 0 Å². The second-order valence-electron chi connectivity index (χ2n) is 17.2. The van der Waals surface area contributed by atoms with Gasteiger partial charge in [0.15, 0.2) is 0 Å². The molecule has 0 spiro atoms. The molecular weight excluding hydrogens is 773 g/mol. The highest BCUT2D eigenvalue weighted by Crippen LogP contribution is 2.40. The molecule has 0 saturated carbocycles. The number of allylic oxidation sites excluding steroid dienone is 4. The van der Waals surface area contributed by atoms with E-state index in [1.165, 1.54) is 139 Å². The lowest BCUT2D eigenvalue weighted by Crippen LogP contribution is -1.98. The van der Waals surface area contributed by atoms with E-state index in [-0.39, 0.29) is 0 Å². The Morgan fingerprint density at radius 1 is 0.344 bits per heavy atom. The van der Waals surface area contributed by atoms with Crippen LogP contribution in [-0.4, -0.2) is 9.13 Å². The zero-order valence-electron chi connectivity index (χ0n) is 37.6. The van der Waals surface area contributed by atoms with Crippen molar-refractivity contribution < 1.29 is 0 Å². The molecule has 0 aliphatic heterocycles. The van der Waals surface area contributed by atoms with Crippen LogP contribution >= 0.6 is 0 Å². The lowest BCUT2D eigenvalue weighted by Gasteiger charge is -2.16. The van der Waals surface area contributed by atoms with Crippen molar-refractivity contribution >= 4 is 67.9 Å². The first-order valence-electron chi connectivity index (χ1n) is 23.7. The van der Waals surface area contributed by atoms with E-state index in [1.54, 1.807) is 0 Å². The van der Waals surface area contributed by atoms with Crippen LogP contribution in [0.4, 0.5) is 0 Å². The van der Waals surface area contributed by atoms with Gasteiger partial charge in [0, 0.05) is 56.7 Å². The monoisotopic (exact) mass is 832 g/mol. The summed E-state index contributed by atoms with van der Waals surface area (Å²) in [5, 5.41) is 5.29. The molecule has 0 amide bonds. The Hall–Kier alpha value is -6.90. The van der Waals surface area contributed by atoms with Crippen molar-refractivity contribution in [3.8, 4) is 22.3 Å². The Kier molecular flexibility index (Phi) is 13.6. The molecule has 0 aliphatic rings. The van der Waals surface area contributed by atoms with Crippen molar-refractivity contribution in [2.45, 2.75) is 78.3 Å². The normalized spacial score (nSPS) is 12.3. The first-order valence-corrected chi connectivity index (χ1v) is 23.7. The van der Waals surface area contributed by atoms with Gasteiger partial charge in [0.1, 0.15) is 0 Å². The van der Waals surface area contributed by atoms with Gasteiger partial charge >= 0.3 is 0 Å². The Labute approximate surface area is 380 Å². The van der Waals surface area contributed by atoms with Crippen molar-refractivity contribution in [1.82, 2.24) is 9.13 Å². The molecule has 2 aromatic heterocycles. The topological polar surface area (TPSA) is 9.86 Å². The molecular formula is C62H60N2. The molecule has 0 unspecified atom stereocenters. The number of hydrogen-bond acceptors (Lipinski definition) is 0. The molecule has 7 aromatic carbocycles. The average Bonchev–Trinajstić information content (AvgIpc) is 3.83. The van der Waals surface area contributed by atoms with Crippen molar-refractivity contribution in [3.05, 3.63) is 204 Å². The Morgan fingerprint density at radius 3 is 1.17 bits per heavy atom. The molecule has 0 saturated heterocycles. The number of aromatic nitrogens is 2. The van der Waals surface area contributed by atoms with E-state index in [1.807, 2.05) is 0 Å². The smallest absolute Gasteiger partial charge is 0.0497 e. The molecule has 0 atom stereocenters. The summed E-state index contributed by atoms with van der Waals surface area (Å²) in [6, 6.07) is 58.2. The van der Waals surface area contributed by atoms with E-state index in [2.05, 4.69) is 229 Å². The zero-order valence-corrected chi connectivity index (χ0v) is 37.6. The van der Waals surface area contributed by atoms with Gasteiger partial charge in [0.05, 0.1) is 0 Å². The number of para-hydroxylation sites is 2. The summed E-state index contributed by atoms with van der Waals surface area (Å²) in [7, 11) is 0. The minimum absolute atomic E-state index is 1.02. The molecule has 9 rings (SSSR count). The Bertz CT molecular complexity index is 2900. The van der Waals surface area contributed by atoms with Crippen LogP contribution < -0.4 is 0 Å². The number of benzene rings is 7. The first kappa shape index (κ1) is 42.4. The fraction of sp³-hybridized carbons (Fsp3) is 0.194. The van der Waals surface area contributed by atoms with Gasteiger partial charge in [-0.3, -0.25) is 0 Å². The maximum Gasteiger partial charge on any atom is 0.0497 e. The molecule has 2 nitrogen and oxygen atoms in total. The second kappa shape index (κ2) is 20.5. The third kappa shape index (κ3) is 9.38. The van der Waals surface area contributed by atoms with E-state index in [4.69, 9.17) is 0 Å². The molecule has 0 radical (unpaired) electrons. The number of fused-ring (bicyclic) bond motifs is 6. The number of aryl methyl sites for hydroxylation is 2. The minimum Gasteiger partial charge on any atom is -0.340 e. The summed E-state index contributed by atoms with van der Waals surface area (Å²) >= 11 is 0. The summed E-state index contributed by atoms with van der Waals surface area (Å²) in [6.45, 7) is 6.61. The van der Waals surface area contributed by atoms with Crippen molar-refractivity contribution in [3.63, 3.8) is 0 Å². The standard InChI is InChI=1S/C62H60N2/c1-3-5-7-23-41-63-59-35-21-19-33-53(59)55-39-37-51(45-61(55)63)57-43-50(32-18-16-30-48-27-13-10-14-28-48)58(44-49(57)31-17-15-29-47-25-11-9-12-26-47)52-38-40-56-54-34-20-22-36-60(54)64(62(56)46-52)42-24-8-6-4-2/h9-22,25-40,43-46H,3-8,23-24,41-42H2,1-2H3/b29-15-,30-16+,31-17+,32-18+. The second-order valence-corrected chi connectivity index (χ2v) is 17.2. The third-order valence-corrected chi connectivity index (χ3v) is 12.8. The van der Waals surface area contributed by atoms with Crippen molar-refractivity contribution in [1.29, 1.82) is 0 Å². The number of unbranched alkanes of at least 4 members (excludes halogenated alkanes) is 6. The van der Waals surface area contributed by atoms with Gasteiger partial charge in [-0.25, -0.2) is 0 Å². The average molecular weight is 833 g/mol. The maximum absolute atomic E-state index is 2.57. The Balaban J connectivity index is 1.22. The summed E-state index contributed by atoms with van der Waals surface area (Å²) < 4.78 is 5.14. The van der Waals surface area contributed by atoms with Crippen LogP contribution in [0.25, 0.3) is 90.2 Å². The van der Waals surface area contributed by atoms with Gasteiger partial charge < -0.3 is 9.13 Å². The van der Waals surface area contributed by atoms with Gasteiger partial charge in [0.25, 0.3) is 0 Å². The summed E-state index contributed by atoms with van der Waals surface area (Å²) in [4.78, 5) is 0. The summed E-state index contributed by atoms with van der Waals surface area (Å²) in [5.74, 6) is 0. The molecule has 9 aromatic rings. The van der Waals surface area contributed by atoms with E-state index in [0.717, 1.165) is 13.1 Å². The van der Waals surface area contributed by atoms with Gasteiger partial charge in [-0.05, 0) is 93.7 Å². The first-order chi connectivity index (χ1) is 31.7. The highest BCUT2D eigenvalue weighted by molar-refractivity contribution is 6.10. The minimum atomic E-state index is 1.02. The van der Waals surface area contributed by atoms with Gasteiger partial charge in [-0.1, -0.05) is 222 Å². The molecule has 0 N–H and O–H groups in total. The van der Waals surface area contributed by atoms with Crippen LogP contribution in [0.5, 0.6) is 0 Å². The molecule has 318 valence electrons. The lowest BCUT2D eigenvalue weighted by molar-refractivity contribution is 0.602. The lowest BCUT2D eigenvalue weighted by atomic mass is 9.89. The zero-order chi connectivity index (χ0) is 43.5. The third-order valence-electron chi connectivity index (χ3n) is 12.8. The van der Waals surface area contributed by atoms with E-state index in [0.29, 0.717) is 0 Å². The van der Waals surface area contributed by atoms with Gasteiger partial charge in [0.2, 0.25) is 0 Å². The number of rotatable bonds is 18. The molecule has 0 aliphatic carbocycles. The highest BCUT2D eigenvalue weighted by atomic mass is 15.0. The fourth-order valence-corrected chi connectivity index (χ4v) is 9.50. The summed E-state index contributed by atoms with van der Waals surface area (Å²) in [5.41, 5.74) is 14.9. The van der Waals surface area contributed by atoms with Crippen LogP contribution in [0, 0.1) is 0 Å². The predicted octanol–water partition coefficient (Wildman–Crippen LogP) is 17.9. The fourth-order valence-electron chi connectivity index (χ4n) is 9.50. The molecule has 2 heterocycles. The van der Waals surface area contributed by atoms with Gasteiger partial charge in [-0.15, -0.1) is 0 Å². The van der Waals surface area contributed by atoms with Crippen LogP contribution in [0.1, 0.15) is 87.5 Å². The van der Waals surface area contributed by atoms with Crippen LogP contribution in [0.3, 0.4) is 0 Å². The Morgan fingerprint density at radius 2 is 0.734 bits per heavy atom. The molecule has 2 heteroatoms. The van der Waals surface area contributed by atoms with Crippen molar-refractivity contribution in [2.24, 2.45) is 0 Å². The number of hydrogen-bond donors (Lipinski definition) is 0. The largest absolute Gasteiger partial charge is 0.340 e. The SMILES string of the molecule is CCCCCCn1c2ccccc2c2ccc(-c3cc(/C=C/C=C/c4ccccc4)c(-c4ccc5c6ccccc6n(CCCCCC)c5c4)cc3/C=C/C=C\c3ccccc3)cc21. The molecule has 64 heavy (non-hydrogen) atoms. The molecule has 0 fully saturated rings. The maximum atomic E-state index is 2.57. The summed E-state index contributed by atoms with van der Waals surface area (Å²) in [6.07, 6.45) is 27.6. The van der Waals surface area contributed by atoms with Crippen LogP contribution in [-0.2, 0) is 13.1 Å². The quantitative estimate of drug-likeness (QED) is 0.0602. The van der Waals surface area contributed by atoms with Crippen LogP contribution in [0.15, 0.2) is 182 Å². The van der Waals surface area contributed by atoms with E-state index < -0.39 is 0 Å². The van der Waals surface area contributed by atoms with E-state index in [9.17, 15) is 0 Å².